The van der Waals surface area contributed by atoms with Crippen LogP contribution in [0.3, 0.4) is 0 Å². The predicted molar refractivity (Wildman–Crippen MR) is 130 cm³/mol. The highest BCUT2D eigenvalue weighted by molar-refractivity contribution is 5.86. The number of aliphatic hydroxyl groups excluding tert-OH is 1. The summed E-state index contributed by atoms with van der Waals surface area (Å²) in [6, 6.07) is 8.86. The van der Waals surface area contributed by atoms with Crippen LogP contribution in [0.1, 0.15) is 84.9 Å². The third-order valence-electron chi connectivity index (χ3n) is 11.2. The van der Waals surface area contributed by atoms with E-state index in [2.05, 4.69) is 70.8 Å². The van der Waals surface area contributed by atoms with E-state index in [4.69, 9.17) is 4.74 Å². The fourth-order valence-electron chi connectivity index (χ4n) is 9.03. The van der Waals surface area contributed by atoms with Gasteiger partial charge >= 0.3 is 0 Å². The molecule has 2 heterocycles. The minimum atomic E-state index is -0.293. The van der Waals surface area contributed by atoms with Crippen molar-refractivity contribution in [3.8, 4) is 0 Å². The van der Waals surface area contributed by atoms with Crippen molar-refractivity contribution in [2.45, 2.75) is 104 Å². The zero-order valence-corrected chi connectivity index (χ0v) is 20.8. The summed E-state index contributed by atoms with van der Waals surface area (Å²) < 4.78 is 6.82. The largest absolute Gasteiger partial charge is 0.392 e. The lowest BCUT2D eigenvalue weighted by molar-refractivity contribution is -0.272. The SMILES string of the molecule is CC(C)(C)[C@@H]1C[C@@H](O)[C@]2(C)[C@H](CC[C@@]3(C)[C@H]2CC[C@H]2Cc4c([nH]c5ccccc45)[C@@]23C)O1. The summed E-state index contributed by atoms with van der Waals surface area (Å²) in [7, 11) is 0. The molecule has 1 aromatic heterocycles. The van der Waals surface area contributed by atoms with Gasteiger partial charge in [-0.3, -0.25) is 0 Å². The molecule has 2 saturated carbocycles. The van der Waals surface area contributed by atoms with Crippen LogP contribution in [0.15, 0.2) is 24.3 Å². The number of hydrogen-bond donors (Lipinski definition) is 2. The molecule has 3 aliphatic carbocycles. The molecule has 1 saturated heterocycles. The standard InChI is InChI=1S/C29H41NO2/c1-26(2,3)24-16-22(31)28(5)21-12-11-17-15-19-18-9-7-8-10-20(18)30-25(19)29(17,6)27(21,4)14-13-23(28)32-24/h7-10,17,21-24,30-31H,11-16H2,1-6H3/t17-,21+,22+,23-,24-,27-,28+,29+/m0/s1. The second kappa shape index (κ2) is 6.42. The average Bonchev–Trinajstić information content (AvgIpc) is 3.23. The van der Waals surface area contributed by atoms with E-state index in [1.54, 1.807) is 5.56 Å². The van der Waals surface area contributed by atoms with E-state index in [9.17, 15) is 5.11 Å². The lowest BCUT2D eigenvalue weighted by Gasteiger charge is -2.68. The quantitative estimate of drug-likeness (QED) is 0.504. The lowest BCUT2D eigenvalue weighted by atomic mass is 9.39. The van der Waals surface area contributed by atoms with Crippen molar-refractivity contribution in [2.24, 2.45) is 28.1 Å². The monoisotopic (exact) mass is 435 g/mol. The van der Waals surface area contributed by atoms with Crippen molar-refractivity contribution in [1.82, 2.24) is 4.98 Å². The molecule has 0 bridgehead atoms. The molecule has 2 aromatic rings. The highest BCUT2D eigenvalue weighted by atomic mass is 16.5. The molecule has 2 N–H and O–H groups in total. The maximum atomic E-state index is 11.7. The minimum absolute atomic E-state index is 0.0669. The first-order chi connectivity index (χ1) is 15.0. The van der Waals surface area contributed by atoms with Gasteiger partial charge in [-0.15, -0.1) is 0 Å². The Kier molecular flexibility index (Phi) is 4.26. The Balaban J connectivity index is 1.44. The molecular weight excluding hydrogens is 394 g/mol. The van der Waals surface area contributed by atoms with Crippen LogP contribution in [0.5, 0.6) is 0 Å². The van der Waals surface area contributed by atoms with Gasteiger partial charge in [-0.1, -0.05) is 59.7 Å². The zero-order valence-electron chi connectivity index (χ0n) is 20.8. The number of aromatic amines is 1. The van der Waals surface area contributed by atoms with E-state index in [-0.39, 0.29) is 40.0 Å². The summed E-state index contributed by atoms with van der Waals surface area (Å²) in [6.45, 7) is 14.2. The van der Waals surface area contributed by atoms with Crippen LogP contribution in [0, 0.1) is 28.1 Å². The van der Waals surface area contributed by atoms with E-state index >= 15 is 0 Å². The van der Waals surface area contributed by atoms with Gasteiger partial charge in [-0.25, -0.2) is 0 Å². The van der Waals surface area contributed by atoms with Crippen molar-refractivity contribution in [1.29, 1.82) is 0 Å². The first-order valence-corrected chi connectivity index (χ1v) is 12.9. The first-order valence-electron chi connectivity index (χ1n) is 12.9. The van der Waals surface area contributed by atoms with Crippen LogP contribution in [0.4, 0.5) is 0 Å². The molecule has 4 aliphatic rings. The van der Waals surface area contributed by atoms with Gasteiger partial charge < -0.3 is 14.8 Å². The highest BCUT2D eigenvalue weighted by Crippen LogP contribution is 2.71. The molecule has 6 rings (SSSR count). The number of aromatic nitrogens is 1. The van der Waals surface area contributed by atoms with Crippen LogP contribution in [-0.4, -0.2) is 28.4 Å². The summed E-state index contributed by atoms with van der Waals surface area (Å²) >= 11 is 0. The van der Waals surface area contributed by atoms with E-state index in [0.717, 1.165) is 12.8 Å². The molecule has 3 nitrogen and oxygen atoms in total. The van der Waals surface area contributed by atoms with Crippen LogP contribution in [0.2, 0.25) is 0 Å². The number of nitrogens with one attached hydrogen (secondary N) is 1. The van der Waals surface area contributed by atoms with Gasteiger partial charge in [-0.05, 0) is 66.4 Å². The number of hydrogen-bond acceptors (Lipinski definition) is 2. The maximum absolute atomic E-state index is 11.7. The second-order valence-electron chi connectivity index (χ2n) is 13.3. The van der Waals surface area contributed by atoms with Crippen molar-refractivity contribution in [3.05, 3.63) is 35.5 Å². The van der Waals surface area contributed by atoms with E-state index < -0.39 is 0 Å². The van der Waals surface area contributed by atoms with Gasteiger partial charge in [0, 0.05) is 33.8 Å². The second-order valence-corrected chi connectivity index (χ2v) is 13.3. The Morgan fingerprint density at radius 2 is 1.81 bits per heavy atom. The first kappa shape index (κ1) is 21.2. The summed E-state index contributed by atoms with van der Waals surface area (Å²) in [5.41, 5.74) is 4.53. The predicted octanol–water partition coefficient (Wildman–Crippen LogP) is 6.38. The normalized spacial score (nSPS) is 45.8. The molecule has 0 spiro atoms. The topological polar surface area (TPSA) is 45.2 Å². The van der Waals surface area contributed by atoms with Gasteiger partial charge in [0.25, 0.3) is 0 Å². The molecule has 3 heteroatoms. The van der Waals surface area contributed by atoms with Gasteiger partial charge in [0.15, 0.2) is 0 Å². The van der Waals surface area contributed by atoms with Gasteiger partial charge in [0.2, 0.25) is 0 Å². The molecule has 1 aromatic carbocycles. The third-order valence-corrected chi connectivity index (χ3v) is 11.2. The molecule has 3 fully saturated rings. The van der Waals surface area contributed by atoms with Crippen LogP contribution >= 0.6 is 0 Å². The Labute approximate surface area is 193 Å². The molecule has 174 valence electrons. The number of para-hydroxylation sites is 1. The van der Waals surface area contributed by atoms with E-state index in [0.29, 0.717) is 11.8 Å². The van der Waals surface area contributed by atoms with Crippen LogP contribution < -0.4 is 0 Å². The third kappa shape index (κ3) is 2.40. The van der Waals surface area contributed by atoms with Crippen LogP contribution in [0.25, 0.3) is 10.9 Å². The van der Waals surface area contributed by atoms with Crippen LogP contribution in [-0.2, 0) is 16.6 Å². The summed E-state index contributed by atoms with van der Waals surface area (Å²) in [5, 5.41) is 13.1. The number of H-pyrrole nitrogens is 1. The number of aliphatic hydroxyl groups is 1. The summed E-state index contributed by atoms with van der Waals surface area (Å²) in [4.78, 5) is 3.90. The molecule has 32 heavy (non-hydrogen) atoms. The van der Waals surface area contributed by atoms with Crippen molar-refractivity contribution >= 4 is 10.9 Å². The Morgan fingerprint density at radius 1 is 1.06 bits per heavy atom. The van der Waals surface area contributed by atoms with Gasteiger partial charge in [-0.2, -0.15) is 0 Å². The van der Waals surface area contributed by atoms with E-state index in [1.165, 1.54) is 42.3 Å². The van der Waals surface area contributed by atoms with Crippen molar-refractivity contribution < 1.29 is 9.84 Å². The Hall–Kier alpha value is -1.32. The maximum Gasteiger partial charge on any atom is 0.0660 e. The van der Waals surface area contributed by atoms with E-state index in [1.807, 2.05) is 0 Å². The Morgan fingerprint density at radius 3 is 2.56 bits per heavy atom. The number of ether oxygens (including phenoxy) is 1. The molecule has 8 atom stereocenters. The highest BCUT2D eigenvalue weighted by Gasteiger charge is 2.69. The fourth-order valence-corrected chi connectivity index (χ4v) is 9.03. The number of fused-ring (bicyclic) bond motifs is 9. The van der Waals surface area contributed by atoms with Crippen molar-refractivity contribution in [3.63, 3.8) is 0 Å². The average molecular weight is 436 g/mol. The number of rotatable bonds is 0. The molecule has 0 radical (unpaired) electrons. The summed E-state index contributed by atoms with van der Waals surface area (Å²) in [5.74, 6) is 1.17. The van der Waals surface area contributed by atoms with Gasteiger partial charge in [0.05, 0.1) is 18.3 Å². The fraction of sp³-hybridized carbons (Fsp3) is 0.724. The zero-order chi connectivity index (χ0) is 22.7. The summed E-state index contributed by atoms with van der Waals surface area (Å²) in [6.07, 6.45) is 6.69. The molecule has 0 amide bonds. The number of benzene rings is 1. The molecule has 1 aliphatic heterocycles. The molecule has 0 unspecified atom stereocenters. The minimum Gasteiger partial charge on any atom is -0.392 e. The van der Waals surface area contributed by atoms with Crippen molar-refractivity contribution in [2.75, 3.05) is 0 Å². The molecular formula is C29H41NO2. The smallest absolute Gasteiger partial charge is 0.0660 e. The van der Waals surface area contributed by atoms with Gasteiger partial charge in [0.1, 0.15) is 0 Å². The Bertz CT molecular complexity index is 1060. The lowest BCUT2D eigenvalue weighted by Crippen LogP contribution is -2.68.